The number of hydrogen-bond donors (Lipinski definition) is 2. The van der Waals surface area contributed by atoms with Gasteiger partial charge in [-0.1, -0.05) is 24.3 Å². The highest BCUT2D eigenvalue weighted by atomic mass is 28.3. The number of aromatic amines is 1. The van der Waals surface area contributed by atoms with Crippen LogP contribution in [0.15, 0.2) is 48.8 Å². The maximum atomic E-state index is 13.2. The second kappa shape index (κ2) is 15.6. The molecule has 0 saturated carbocycles. The lowest BCUT2D eigenvalue weighted by molar-refractivity contribution is 0.0204. The van der Waals surface area contributed by atoms with Gasteiger partial charge in [0.2, 0.25) is 0 Å². The van der Waals surface area contributed by atoms with E-state index in [9.17, 15) is 9.59 Å². The van der Waals surface area contributed by atoms with Crippen LogP contribution < -0.4 is 5.32 Å². The van der Waals surface area contributed by atoms with E-state index in [0.29, 0.717) is 31.4 Å². The second-order valence-corrected chi connectivity index (χ2v) is 22.2. The fraction of sp³-hybridized carbons (Fsp3) is 0.526. The van der Waals surface area contributed by atoms with Crippen molar-refractivity contribution in [1.29, 1.82) is 0 Å². The van der Waals surface area contributed by atoms with E-state index >= 15 is 0 Å². The Labute approximate surface area is 307 Å². The molecule has 14 heteroatoms. The first-order chi connectivity index (χ1) is 24.4. The molecule has 1 aliphatic rings. The number of nitrogens with one attached hydrogen (secondary N) is 2. The van der Waals surface area contributed by atoms with Crippen LogP contribution in [-0.2, 0) is 20.9 Å². The Bertz CT molecular complexity index is 1820. The summed E-state index contributed by atoms with van der Waals surface area (Å²) in [7, 11) is -1.29. The predicted molar refractivity (Wildman–Crippen MR) is 203 cm³/mol. The number of nitrogens with zero attached hydrogens (tertiary/aromatic N) is 6. The molecule has 1 aliphatic heterocycles. The first-order valence-corrected chi connectivity index (χ1v) is 21.7. The van der Waals surface area contributed by atoms with E-state index < -0.39 is 25.4 Å². The van der Waals surface area contributed by atoms with Gasteiger partial charge in [-0.2, -0.15) is 19.6 Å². The maximum Gasteiger partial charge on any atom is 0.410 e. The van der Waals surface area contributed by atoms with Crippen molar-refractivity contribution < 1.29 is 23.8 Å². The molecule has 0 unspecified atom stereocenters. The largest absolute Gasteiger partial charge is 0.444 e. The number of amides is 2. The minimum Gasteiger partial charge on any atom is -0.444 e. The van der Waals surface area contributed by atoms with Crippen LogP contribution in [0, 0.1) is 0 Å². The van der Waals surface area contributed by atoms with E-state index in [0.717, 1.165) is 52.9 Å². The molecule has 2 N–H and O–H groups in total. The van der Waals surface area contributed by atoms with Crippen LogP contribution in [0.25, 0.3) is 33.9 Å². The summed E-state index contributed by atoms with van der Waals surface area (Å²) in [6, 6.07) is 12.3. The van der Waals surface area contributed by atoms with Crippen molar-refractivity contribution in [3.05, 3.63) is 60.4 Å². The normalized spacial score (nSPS) is 15.8. The quantitative estimate of drug-likeness (QED) is 0.115. The molecule has 0 radical (unpaired) electrons. The van der Waals surface area contributed by atoms with E-state index in [1.807, 2.05) is 89.4 Å². The molecule has 1 aromatic carbocycles. The SMILES string of the molecule is C[C@H](NC(=O)OC(C)(C)C)c1ncc(-c2ccc(-c3ccc(-c4cnc([C@@H]5CCCN5C(=O)OC(C)(C)C)n4COCC[Si-](C)(C)C)nn3)cc2)[nH]1. The highest BCUT2D eigenvalue weighted by Gasteiger charge is 2.36. The third kappa shape index (κ3) is 10.3. The average molecular weight is 731 g/mol. The molecule has 3 aromatic heterocycles. The Hall–Kier alpha value is -4.56. The van der Waals surface area contributed by atoms with Gasteiger partial charge in [0.15, 0.2) is 0 Å². The van der Waals surface area contributed by atoms with Crippen molar-refractivity contribution in [3.8, 4) is 33.9 Å². The zero-order chi connectivity index (χ0) is 37.8. The predicted octanol–water partition coefficient (Wildman–Crippen LogP) is 8.37. The molecule has 0 aliphatic carbocycles. The number of ether oxygens (including phenoxy) is 3. The summed E-state index contributed by atoms with van der Waals surface area (Å²) in [6.07, 6.45) is 4.36. The minimum atomic E-state index is -1.29. The molecule has 0 bridgehead atoms. The molecule has 2 atom stereocenters. The van der Waals surface area contributed by atoms with Crippen LogP contribution in [0.2, 0.25) is 25.7 Å². The lowest BCUT2D eigenvalue weighted by Crippen LogP contribution is -2.37. The maximum absolute atomic E-state index is 13.2. The van der Waals surface area contributed by atoms with Crippen LogP contribution in [-0.4, -0.2) is 79.2 Å². The first-order valence-electron chi connectivity index (χ1n) is 18.0. The molecule has 13 nitrogen and oxygen atoms in total. The van der Waals surface area contributed by atoms with Gasteiger partial charge in [0.1, 0.15) is 35.3 Å². The molecule has 4 heterocycles. The lowest BCUT2D eigenvalue weighted by Gasteiger charge is -2.29. The lowest BCUT2D eigenvalue weighted by atomic mass is 10.1. The highest BCUT2D eigenvalue weighted by molar-refractivity contribution is 6.76. The number of likely N-dealkylation sites (tertiary alicyclic amines) is 1. The number of benzene rings is 1. The smallest absolute Gasteiger partial charge is 0.410 e. The van der Waals surface area contributed by atoms with Crippen LogP contribution in [0.3, 0.4) is 0 Å². The van der Waals surface area contributed by atoms with Crippen molar-refractivity contribution in [2.75, 3.05) is 13.2 Å². The van der Waals surface area contributed by atoms with E-state index in [1.54, 1.807) is 17.3 Å². The number of carbonyl (C=O) groups is 2. The fourth-order valence-electron chi connectivity index (χ4n) is 5.80. The Morgan fingerprint density at radius 3 is 2.21 bits per heavy atom. The van der Waals surface area contributed by atoms with Gasteiger partial charge >= 0.3 is 12.2 Å². The Balaban J connectivity index is 1.32. The van der Waals surface area contributed by atoms with E-state index in [2.05, 4.69) is 45.1 Å². The van der Waals surface area contributed by atoms with Crippen molar-refractivity contribution in [2.45, 2.75) is 117 Å². The molecule has 281 valence electrons. The molecule has 0 spiro atoms. The number of aromatic nitrogens is 6. The van der Waals surface area contributed by atoms with Crippen LogP contribution >= 0.6 is 0 Å². The number of imidazole rings is 2. The van der Waals surface area contributed by atoms with Gasteiger partial charge in [-0.3, -0.25) is 4.90 Å². The summed E-state index contributed by atoms with van der Waals surface area (Å²) in [5.74, 6) is 1.38. The Morgan fingerprint density at radius 2 is 1.58 bits per heavy atom. The zero-order valence-corrected chi connectivity index (χ0v) is 33.2. The molecular weight excluding hydrogens is 677 g/mol. The van der Waals surface area contributed by atoms with Gasteiger partial charge in [-0.05, 0) is 79.0 Å². The fourth-order valence-corrected chi connectivity index (χ4v) is 6.56. The number of alkyl carbamates (subject to hydrolysis) is 1. The Kier molecular flexibility index (Phi) is 11.6. The van der Waals surface area contributed by atoms with Gasteiger partial charge in [0.25, 0.3) is 0 Å². The number of carbonyl (C=O) groups excluding carboxylic acids is 2. The summed E-state index contributed by atoms with van der Waals surface area (Å²) in [5, 5.41) is 12.0. The standard InChI is InChI=1S/C38H54N8O5Si/c1-25(41-35(47)50-37(2,3)4)33-39-22-30(42-33)27-15-13-26(14-16-27)28-17-18-29(44-43-28)32-23-40-34(46(32)24-49-20-21-52(8,9)10)31-12-11-19-45(31)36(48)51-38(5,6)7/h13-18,22-23,25,31H,11-12,19-21,24H2,1-10H3,(H,39,42)(H,41,47)/q-1/t25-,31-/m0/s1. The van der Waals surface area contributed by atoms with Crippen LogP contribution in [0.4, 0.5) is 9.59 Å². The van der Waals surface area contributed by atoms with Gasteiger partial charge in [0.05, 0.1) is 41.6 Å². The third-order valence-corrected chi connectivity index (χ3v) is 10.1. The highest BCUT2D eigenvalue weighted by Crippen LogP contribution is 2.35. The summed E-state index contributed by atoms with van der Waals surface area (Å²) in [6.45, 7) is 21.5. The third-order valence-electron chi connectivity index (χ3n) is 8.44. The van der Waals surface area contributed by atoms with Crippen LogP contribution in [0.5, 0.6) is 0 Å². The number of H-pyrrole nitrogens is 1. The average Bonchev–Trinajstić information content (AvgIpc) is 3.81. The van der Waals surface area contributed by atoms with Crippen LogP contribution in [0.1, 0.15) is 85.0 Å². The molecule has 5 rings (SSSR count). The van der Waals surface area contributed by atoms with E-state index in [4.69, 9.17) is 19.2 Å². The summed E-state index contributed by atoms with van der Waals surface area (Å²) >= 11 is 0. The molecule has 2 amide bonds. The van der Waals surface area contributed by atoms with Gasteiger partial charge < -0.3 is 29.1 Å². The van der Waals surface area contributed by atoms with Crippen molar-refractivity contribution >= 4 is 20.3 Å². The van der Waals surface area contributed by atoms with Gasteiger partial charge in [-0.25, -0.2) is 19.6 Å². The second-order valence-electron chi connectivity index (χ2n) is 16.5. The molecule has 1 saturated heterocycles. The first kappa shape index (κ1) is 38.7. The summed E-state index contributed by atoms with van der Waals surface area (Å²) in [4.78, 5) is 39.8. The summed E-state index contributed by atoms with van der Waals surface area (Å²) in [5.41, 5.74) is 3.66. The van der Waals surface area contributed by atoms with Gasteiger partial charge in [-0.15, -0.1) is 24.3 Å². The molecular formula is C38H54N8O5Si-. The van der Waals surface area contributed by atoms with E-state index in [-0.39, 0.29) is 18.2 Å². The number of hydrogen-bond acceptors (Lipinski definition) is 9. The Morgan fingerprint density at radius 1 is 0.923 bits per heavy atom. The summed E-state index contributed by atoms with van der Waals surface area (Å²) < 4.78 is 19.4. The zero-order valence-electron chi connectivity index (χ0n) is 32.2. The molecule has 52 heavy (non-hydrogen) atoms. The van der Waals surface area contributed by atoms with Crippen molar-refractivity contribution in [1.82, 2.24) is 39.9 Å². The molecule has 1 fully saturated rings. The topological polar surface area (TPSA) is 149 Å². The van der Waals surface area contributed by atoms with E-state index in [1.165, 1.54) is 0 Å². The van der Waals surface area contributed by atoms with Crippen molar-refractivity contribution in [2.24, 2.45) is 0 Å². The minimum absolute atomic E-state index is 0.231. The number of rotatable bonds is 11. The molecule has 4 aromatic rings. The monoisotopic (exact) mass is 730 g/mol. The van der Waals surface area contributed by atoms with Crippen molar-refractivity contribution in [3.63, 3.8) is 0 Å². The van der Waals surface area contributed by atoms with Gasteiger partial charge in [0, 0.05) is 18.7 Å².